The molecule has 2 rings (SSSR count). The van der Waals surface area contributed by atoms with Gasteiger partial charge in [0.1, 0.15) is 5.52 Å². The Hall–Kier alpha value is -1.35. The molecule has 13 heavy (non-hydrogen) atoms. The van der Waals surface area contributed by atoms with E-state index in [0.717, 1.165) is 28.8 Å². The Bertz CT molecular complexity index is 420. The van der Waals surface area contributed by atoms with Crippen LogP contribution in [0.1, 0.15) is 11.3 Å². The quantitative estimate of drug-likeness (QED) is 0.758. The zero-order chi connectivity index (χ0) is 9.26. The molecule has 0 aliphatic carbocycles. The zero-order valence-corrected chi connectivity index (χ0v) is 7.79. The molecule has 0 radical (unpaired) electrons. The maximum Gasteiger partial charge on any atom is 0.158 e. The third-order valence-corrected chi connectivity index (χ3v) is 2.12. The Morgan fingerprint density at radius 3 is 3.08 bits per heavy atom. The van der Waals surface area contributed by atoms with Crippen LogP contribution in [0.5, 0.6) is 0 Å². The van der Waals surface area contributed by atoms with Crippen LogP contribution in [-0.4, -0.2) is 12.2 Å². The molecule has 0 amide bonds. The largest absolute Gasteiger partial charge is 0.359 e. The van der Waals surface area contributed by atoms with Gasteiger partial charge >= 0.3 is 0 Å². The number of fused-ring (bicyclic) bond motifs is 1. The fourth-order valence-corrected chi connectivity index (χ4v) is 1.44. The maximum atomic E-state index is 5.22. The van der Waals surface area contributed by atoms with Crippen LogP contribution in [0.25, 0.3) is 10.9 Å². The van der Waals surface area contributed by atoms with Crippen LogP contribution in [-0.2, 0) is 6.54 Å². The molecule has 68 valence electrons. The van der Waals surface area contributed by atoms with Crippen molar-refractivity contribution < 1.29 is 4.52 Å². The molecule has 0 fully saturated rings. The minimum Gasteiger partial charge on any atom is -0.359 e. The van der Waals surface area contributed by atoms with Crippen molar-refractivity contribution >= 4 is 10.9 Å². The topological polar surface area (TPSA) is 38.1 Å². The van der Waals surface area contributed by atoms with Gasteiger partial charge in [-0.3, -0.25) is 0 Å². The number of nitrogens with zero attached hydrogens (tertiary/aromatic N) is 1. The summed E-state index contributed by atoms with van der Waals surface area (Å²) in [6.45, 7) is 2.76. The molecule has 1 aromatic heterocycles. The van der Waals surface area contributed by atoms with Gasteiger partial charge in [0.05, 0.1) is 6.54 Å². The maximum absolute atomic E-state index is 5.22. The molecule has 0 aliphatic rings. The van der Waals surface area contributed by atoms with Crippen molar-refractivity contribution in [3.63, 3.8) is 0 Å². The number of hydrogen-bond acceptors (Lipinski definition) is 3. The van der Waals surface area contributed by atoms with E-state index >= 15 is 0 Å². The van der Waals surface area contributed by atoms with E-state index in [-0.39, 0.29) is 0 Å². The summed E-state index contributed by atoms with van der Waals surface area (Å²) >= 11 is 0. The first-order valence-electron chi connectivity index (χ1n) is 4.31. The molecule has 0 saturated heterocycles. The average Bonchev–Trinajstić information content (AvgIpc) is 2.51. The summed E-state index contributed by atoms with van der Waals surface area (Å²) in [4.78, 5) is 0. The Kier molecular flexibility index (Phi) is 2.02. The van der Waals surface area contributed by atoms with Crippen molar-refractivity contribution in [1.29, 1.82) is 0 Å². The van der Waals surface area contributed by atoms with Crippen LogP contribution in [0.3, 0.4) is 0 Å². The van der Waals surface area contributed by atoms with Crippen molar-refractivity contribution in [2.75, 3.05) is 7.05 Å². The van der Waals surface area contributed by atoms with Gasteiger partial charge in [-0.1, -0.05) is 17.3 Å². The van der Waals surface area contributed by atoms with Gasteiger partial charge in [-0.2, -0.15) is 0 Å². The summed E-state index contributed by atoms with van der Waals surface area (Å²) in [5.41, 5.74) is 2.12. The van der Waals surface area contributed by atoms with Gasteiger partial charge in [-0.05, 0) is 25.6 Å². The fourth-order valence-electron chi connectivity index (χ4n) is 1.44. The second-order valence-corrected chi connectivity index (χ2v) is 3.11. The van der Waals surface area contributed by atoms with Crippen molar-refractivity contribution in [2.24, 2.45) is 0 Å². The van der Waals surface area contributed by atoms with Crippen LogP contribution in [0.4, 0.5) is 0 Å². The lowest BCUT2D eigenvalue weighted by molar-refractivity contribution is 0.384. The Morgan fingerprint density at radius 2 is 2.31 bits per heavy atom. The highest BCUT2D eigenvalue weighted by atomic mass is 16.5. The summed E-state index contributed by atoms with van der Waals surface area (Å²) in [5, 5.41) is 8.18. The van der Waals surface area contributed by atoms with E-state index in [1.54, 1.807) is 0 Å². The van der Waals surface area contributed by atoms with Gasteiger partial charge in [0.2, 0.25) is 0 Å². The average molecular weight is 176 g/mol. The van der Waals surface area contributed by atoms with E-state index in [2.05, 4.69) is 10.5 Å². The number of benzene rings is 1. The summed E-state index contributed by atoms with van der Waals surface area (Å²) in [6, 6.07) is 6.09. The van der Waals surface area contributed by atoms with Gasteiger partial charge in [-0.15, -0.1) is 0 Å². The highest BCUT2D eigenvalue weighted by Crippen LogP contribution is 2.20. The van der Waals surface area contributed by atoms with Crippen molar-refractivity contribution in [3.8, 4) is 0 Å². The number of hydrogen-bond donors (Lipinski definition) is 1. The summed E-state index contributed by atoms with van der Waals surface area (Å²) < 4.78 is 5.22. The Balaban J connectivity index is 2.61. The molecule has 0 aliphatic heterocycles. The molecule has 0 spiro atoms. The predicted molar refractivity (Wildman–Crippen MR) is 51.5 cm³/mol. The van der Waals surface area contributed by atoms with Crippen molar-refractivity contribution in [2.45, 2.75) is 13.5 Å². The third kappa shape index (κ3) is 1.31. The van der Waals surface area contributed by atoms with E-state index in [9.17, 15) is 0 Å². The normalized spacial score (nSPS) is 10.9. The number of nitrogens with one attached hydrogen (secondary N) is 1. The second kappa shape index (κ2) is 3.18. The van der Waals surface area contributed by atoms with Crippen LogP contribution >= 0.6 is 0 Å². The lowest BCUT2D eigenvalue weighted by Gasteiger charge is -1.94. The predicted octanol–water partition coefficient (Wildman–Crippen LogP) is 1.86. The lowest BCUT2D eigenvalue weighted by Crippen LogP contribution is -2.03. The number of aromatic nitrogens is 1. The van der Waals surface area contributed by atoms with Gasteiger partial charge < -0.3 is 9.84 Å². The molecule has 3 heteroatoms. The van der Waals surface area contributed by atoms with Gasteiger partial charge in [0.25, 0.3) is 0 Å². The SMILES string of the molecule is CNCc1onc2c(C)cccc12. The van der Waals surface area contributed by atoms with Crippen molar-refractivity contribution in [3.05, 3.63) is 29.5 Å². The minimum atomic E-state index is 0.722. The van der Waals surface area contributed by atoms with Gasteiger partial charge in [-0.25, -0.2) is 0 Å². The Morgan fingerprint density at radius 1 is 1.46 bits per heavy atom. The van der Waals surface area contributed by atoms with E-state index < -0.39 is 0 Å². The van der Waals surface area contributed by atoms with Crippen molar-refractivity contribution in [1.82, 2.24) is 10.5 Å². The smallest absolute Gasteiger partial charge is 0.158 e. The van der Waals surface area contributed by atoms with Gasteiger partial charge in [0, 0.05) is 5.39 Å². The molecule has 0 atom stereocenters. The first kappa shape index (κ1) is 8.26. The highest BCUT2D eigenvalue weighted by molar-refractivity contribution is 5.83. The standard InChI is InChI=1S/C10H12N2O/c1-7-4-3-5-8-9(6-11-2)13-12-10(7)8/h3-5,11H,6H2,1-2H3. The van der Waals surface area contributed by atoms with Crippen LogP contribution < -0.4 is 5.32 Å². The Labute approximate surface area is 76.7 Å². The first-order chi connectivity index (χ1) is 6.33. The number of aryl methyl sites for hydroxylation is 1. The van der Waals surface area contributed by atoms with Gasteiger partial charge in [0.15, 0.2) is 5.76 Å². The summed E-state index contributed by atoms with van der Waals surface area (Å²) in [5.74, 6) is 0.904. The van der Waals surface area contributed by atoms with E-state index in [1.807, 2.05) is 32.2 Å². The summed E-state index contributed by atoms with van der Waals surface area (Å²) in [6.07, 6.45) is 0. The molecular weight excluding hydrogens is 164 g/mol. The lowest BCUT2D eigenvalue weighted by atomic mass is 10.1. The molecule has 0 saturated carbocycles. The second-order valence-electron chi connectivity index (χ2n) is 3.11. The minimum absolute atomic E-state index is 0.722. The van der Waals surface area contributed by atoms with Crippen LogP contribution in [0.2, 0.25) is 0 Å². The van der Waals surface area contributed by atoms with E-state index in [4.69, 9.17) is 4.52 Å². The van der Waals surface area contributed by atoms with E-state index in [0.29, 0.717) is 0 Å². The molecule has 1 N–H and O–H groups in total. The molecule has 2 aromatic rings. The molecular formula is C10H12N2O. The van der Waals surface area contributed by atoms with E-state index in [1.165, 1.54) is 0 Å². The first-order valence-corrected chi connectivity index (χ1v) is 4.31. The van der Waals surface area contributed by atoms with Crippen LogP contribution in [0.15, 0.2) is 22.7 Å². The molecule has 1 heterocycles. The fraction of sp³-hybridized carbons (Fsp3) is 0.300. The van der Waals surface area contributed by atoms with Crippen LogP contribution in [0, 0.1) is 6.92 Å². The molecule has 0 bridgehead atoms. The third-order valence-electron chi connectivity index (χ3n) is 2.12. The molecule has 0 unspecified atom stereocenters. The summed E-state index contributed by atoms with van der Waals surface area (Å²) in [7, 11) is 1.89. The zero-order valence-electron chi connectivity index (χ0n) is 7.79. The molecule has 3 nitrogen and oxygen atoms in total. The monoisotopic (exact) mass is 176 g/mol. The highest BCUT2D eigenvalue weighted by Gasteiger charge is 2.07. The molecule has 1 aromatic carbocycles. The number of rotatable bonds is 2.